The van der Waals surface area contributed by atoms with Crippen LogP contribution in [0.5, 0.6) is 0 Å². The lowest BCUT2D eigenvalue weighted by Crippen LogP contribution is -2.05. The molecule has 4 aromatic heterocycles. The third kappa shape index (κ3) is 16.8. The van der Waals surface area contributed by atoms with Crippen LogP contribution in [0, 0.1) is 0 Å². The van der Waals surface area contributed by atoms with E-state index in [0.717, 1.165) is 86.5 Å². The molecule has 0 radical (unpaired) electrons. The molecule has 12 aromatic rings. The molecule has 452 valence electrons. The topological polar surface area (TPSA) is 185 Å². The molecule has 22 heteroatoms. The van der Waals surface area contributed by atoms with Crippen molar-refractivity contribution in [1.29, 1.82) is 0 Å². The fraction of sp³-hybridized carbons (Fsp3) is 0.152. The van der Waals surface area contributed by atoms with E-state index in [4.69, 9.17) is 114 Å². The fourth-order valence-electron chi connectivity index (χ4n) is 8.82. The van der Waals surface area contributed by atoms with Gasteiger partial charge in [0.2, 0.25) is 0 Å². The van der Waals surface area contributed by atoms with Crippen molar-refractivity contribution in [2.45, 2.75) is 57.7 Å². The first-order valence-electron chi connectivity index (χ1n) is 26.3. The minimum absolute atomic E-state index is 0. The molecule has 0 bridgehead atoms. The van der Waals surface area contributed by atoms with Crippen molar-refractivity contribution in [1.82, 2.24) is 39.9 Å². The monoisotopic (exact) mass is 1460 g/mol. The Bertz CT molecular complexity index is 4110. The third-order valence-corrected chi connectivity index (χ3v) is 16.5. The molecule has 5 heterocycles. The quantitative estimate of drug-likeness (QED) is 0.123. The number of benzene rings is 8. The van der Waals surface area contributed by atoms with Crippen LogP contribution in [0.3, 0.4) is 0 Å². The van der Waals surface area contributed by atoms with Gasteiger partial charge < -0.3 is 21.3 Å². The Morgan fingerprint density at radius 2 is 0.636 bits per heavy atom. The van der Waals surface area contributed by atoms with E-state index >= 15 is 0 Å². The molecule has 0 spiro atoms. The van der Waals surface area contributed by atoms with Gasteiger partial charge in [0.25, 0.3) is 0 Å². The maximum atomic E-state index is 8.51. The minimum Gasteiger partial charge on any atom is -0.368 e. The molecule has 1 aliphatic rings. The lowest BCUT2D eigenvalue weighted by molar-refractivity contribution is -0.0589. The number of halogens is 10. The number of nitrogens with two attached hydrogens (primary N) is 2. The van der Waals surface area contributed by atoms with Gasteiger partial charge in [-0.05, 0) is 79.2 Å². The number of alkyl halides is 2. The van der Waals surface area contributed by atoms with Crippen LogP contribution in [0.4, 0.5) is 0 Å². The van der Waals surface area contributed by atoms with Gasteiger partial charge in [-0.3, -0.25) is 0 Å². The van der Waals surface area contributed by atoms with Crippen LogP contribution in [0.2, 0.25) is 40.2 Å². The summed E-state index contributed by atoms with van der Waals surface area (Å²) < 4.78 is 4.71. The number of nitrogens with zero attached hydrogens (tertiary/aromatic N) is 8. The second kappa shape index (κ2) is 33.3. The zero-order valence-electron chi connectivity index (χ0n) is 45.1. The second-order valence-corrected chi connectivity index (χ2v) is 22.9. The Kier molecular flexibility index (Phi) is 26.4. The molecule has 1 aliphatic heterocycles. The largest absolute Gasteiger partial charge is 0.368 e. The Hall–Kier alpha value is -5.76. The number of aliphatic hydroxyl groups is 1. The van der Waals surface area contributed by atoms with Crippen LogP contribution < -0.4 is 11.5 Å². The number of fused-ring (bicyclic) bond motifs is 4. The first-order valence-corrected chi connectivity index (χ1v) is 31.6. The average molecular weight is 1460 g/mol. The van der Waals surface area contributed by atoms with Crippen molar-refractivity contribution in [3.8, 4) is 45.0 Å². The van der Waals surface area contributed by atoms with Crippen molar-refractivity contribution in [3.63, 3.8) is 0 Å². The van der Waals surface area contributed by atoms with Gasteiger partial charge in [-0.25, -0.2) is 39.9 Å². The highest BCUT2D eigenvalue weighted by atomic mass is 79.9. The molecule has 1 atom stereocenters. The van der Waals surface area contributed by atoms with E-state index in [-0.39, 0.29) is 27.9 Å². The summed E-state index contributed by atoms with van der Waals surface area (Å²) in [5, 5.41) is 14.5. The average Bonchev–Trinajstić information content (AvgIpc) is 1.52. The zero-order valence-corrected chi connectivity index (χ0v) is 54.3. The van der Waals surface area contributed by atoms with Gasteiger partial charge in [0.1, 0.15) is 22.1 Å². The molecule has 0 aliphatic carbocycles. The Labute approximate surface area is 567 Å². The van der Waals surface area contributed by atoms with E-state index < -0.39 is 6.29 Å². The standard InChI is InChI=1S/2C15H9BrCl2N2.2C15H11Cl2N3.C4H8O2.2CH4/c16-8-13-14(9-4-1-2-5-10(9)17)19-12-7-3-6-11(18)15(12)20-13;16-8-13-14(9-4-1-2-5-10(9)17)20-15-11(18)6-3-7-12(15)19-13;16-10-5-2-1-4-9(10)14-13(8-18)20-15-11(17)6-3-7-12(15)19-14;16-10-5-2-1-4-9(10)14-13(8-18)19-12-7-3-6-11(17)15(12)20-14;5-4-2-1-3-6-4;;/h2*1-7H,8H2;2*1-7H,8,18H2;4-5H,1-3H2;2*1H4. The van der Waals surface area contributed by atoms with Crippen LogP contribution in [0.15, 0.2) is 170 Å². The molecule has 88 heavy (non-hydrogen) atoms. The predicted octanol–water partition coefficient (Wildman–Crippen LogP) is 20.5. The van der Waals surface area contributed by atoms with Gasteiger partial charge >= 0.3 is 0 Å². The van der Waals surface area contributed by atoms with Gasteiger partial charge in [-0.15, -0.1) is 0 Å². The summed E-state index contributed by atoms with van der Waals surface area (Å²) in [4.78, 5) is 36.9. The summed E-state index contributed by atoms with van der Waals surface area (Å²) >= 11 is 56.6. The molecule has 1 fully saturated rings. The number of rotatable bonds is 8. The summed E-state index contributed by atoms with van der Waals surface area (Å²) in [6.07, 6.45) is 1.38. The molecule has 13 rings (SSSR count). The fourth-order valence-corrected chi connectivity index (χ4v) is 11.4. The Morgan fingerprint density at radius 3 is 0.955 bits per heavy atom. The molecule has 0 amide bonds. The first-order chi connectivity index (χ1) is 41.7. The van der Waals surface area contributed by atoms with Crippen molar-refractivity contribution < 1.29 is 9.84 Å². The summed E-state index contributed by atoms with van der Waals surface area (Å²) in [7, 11) is 0. The highest BCUT2D eigenvalue weighted by molar-refractivity contribution is 9.08. The molecule has 0 saturated carbocycles. The lowest BCUT2D eigenvalue weighted by atomic mass is 10.1. The van der Waals surface area contributed by atoms with Crippen molar-refractivity contribution in [3.05, 3.63) is 233 Å². The smallest absolute Gasteiger partial charge is 0.154 e. The summed E-state index contributed by atoms with van der Waals surface area (Å²) in [6, 6.07) is 52.3. The molecule has 5 N–H and O–H groups in total. The number of hydrogen-bond acceptors (Lipinski definition) is 12. The molecule has 8 aromatic carbocycles. The first kappa shape index (κ1) is 69.7. The van der Waals surface area contributed by atoms with Gasteiger partial charge in [0, 0.05) is 59.0 Å². The number of ether oxygens (including phenoxy) is 1. The molecular weight excluding hydrogens is 1410 g/mol. The highest BCUT2D eigenvalue weighted by Gasteiger charge is 2.18. The van der Waals surface area contributed by atoms with E-state index in [2.05, 4.69) is 71.7 Å². The summed E-state index contributed by atoms with van der Waals surface area (Å²) in [6.45, 7) is 1.30. The Morgan fingerprint density at radius 1 is 0.364 bits per heavy atom. The maximum absolute atomic E-state index is 8.51. The van der Waals surface area contributed by atoms with E-state index in [1.165, 1.54) is 0 Å². The van der Waals surface area contributed by atoms with E-state index in [0.29, 0.717) is 95.7 Å². The molecular formula is C66H56Br2Cl8N10O2. The van der Waals surface area contributed by atoms with Crippen molar-refractivity contribution in [2.24, 2.45) is 11.5 Å². The number of para-hydroxylation sites is 4. The minimum atomic E-state index is -0.454. The van der Waals surface area contributed by atoms with Crippen molar-refractivity contribution >= 4 is 169 Å². The van der Waals surface area contributed by atoms with Crippen LogP contribution in [-0.2, 0) is 28.5 Å². The Balaban J connectivity index is 0.000000161. The van der Waals surface area contributed by atoms with Crippen molar-refractivity contribution in [2.75, 3.05) is 6.61 Å². The summed E-state index contributed by atoms with van der Waals surface area (Å²) in [5.41, 5.74) is 26.6. The zero-order chi connectivity index (χ0) is 60.9. The lowest BCUT2D eigenvalue weighted by Gasteiger charge is -2.10. The molecule has 12 nitrogen and oxygen atoms in total. The second-order valence-electron chi connectivity index (χ2n) is 18.6. The van der Waals surface area contributed by atoms with Crippen LogP contribution >= 0.6 is 125 Å². The van der Waals surface area contributed by atoms with Gasteiger partial charge in [-0.1, -0.05) is 237 Å². The number of aromatic nitrogens is 8. The number of aliphatic hydroxyl groups excluding tert-OH is 1. The van der Waals surface area contributed by atoms with E-state index in [1.54, 1.807) is 12.1 Å². The molecule has 1 unspecified atom stereocenters. The van der Waals surface area contributed by atoms with Crippen LogP contribution in [0.25, 0.3) is 89.2 Å². The van der Waals surface area contributed by atoms with Gasteiger partial charge in [0.15, 0.2) is 6.29 Å². The van der Waals surface area contributed by atoms with Crippen LogP contribution in [-0.4, -0.2) is 57.9 Å². The predicted molar refractivity (Wildman–Crippen MR) is 376 cm³/mol. The highest BCUT2D eigenvalue weighted by Crippen LogP contribution is 2.36. The maximum Gasteiger partial charge on any atom is 0.154 e. The summed E-state index contributed by atoms with van der Waals surface area (Å²) in [5.74, 6) is 0. The van der Waals surface area contributed by atoms with Crippen LogP contribution in [0.1, 0.15) is 50.5 Å². The van der Waals surface area contributed by atoms with Gasteiger partial charge in [-0.2, -0.15) is 0 Å². The molecule has 1 saturated heterocycles. The van der Waals surface area contributed by atoms with E-state index in [1.807, 2.05) is 158 Å². The normalized spacial score (nSPS) is 12.3. The van der Waals surface area contributed by atoms with E-state index in [9.17, 15) is 0 Å². The number of hydrogen-bond donors (Lipinski definition) is 3. The third-order valence-electron chi connectivity index (χ3n) is 12.9. The SMILES string of the molecule is C.C.Clc1ccccc1-c1nc2c(Cl)cccc2nc1CBr.Clc1ccccc1-c1nc2cccc(Cl)c2nc1CBr.NCc1nc2c(Cl)cccc2nc1-c1ccccc1Cl.NCc1nc2cccc(Cl)c2nc1-c1ccccc1Cl.OC1CCCO1. The van der Waals surface area contributed by atoms with Gasteiger partial charge in [0.05, 0.1) is 108 Å².